The number of benzene rings is 1. The van der Waals surface area contributed by atoms with Crippen molar-refractivity contribution in [2.75, 3.05) is 13.2 Å². The molecule has 4 heteroatoms. The average molecular weight is 318 g/mol. The molecule has 0 aliphatic carbocycles. The summed E-state index contributed by atoms with van der Waals surface area (Å²) >= 11 is 0. The molecule has 0 amide bonds. The van der Waals surface area contributed by atoms with E-state index in [4.69, 9.17) is 9.47 Å². The first-order chi connectivity index (χ1) is 10.8. The van der Waals surface area contributed by atoms with Gasteiger partial charge in [0.2, 0.25) is 0 Å². The number of hydrogen-bond acceptors (Lipinski definition) is 4. The van der Waals surface area contributed by atoms with Crippen LogP contribution in [0.4, 0.5) is 0 Å². The van der Waals surface area contributed by atoms with Gasteiger partial charge in [-0.2, -0.15) is 0 Å². The molecule has 0 spiro atoms. The normalized spacial score (nSPS) is 11.5. The second-order valence-corrected chi connectivity index (χ2v) is 6.23. The third-order valence-corrected chi connectivity index (χ3v) is 3.82. The molecular weight excluding hydrogens is 292 g/mol. The predicted octanol–water partition coefficient (Wildman–Crippen LogP) is 3.84. The van der Waals surface area contributed by atoms with Gasteiger partial charge in [0, 0.05) is 6.08 Å². The maximum atomic E-state index is 11.7. The van der Waals surface area contributed by atoms with E-state index in [9.17, 15) is 9.59 Å². The lowest BCUT2D eigenvalue weighted by molar-refractivity contribution is -0.157. The Morgan fingerprint density at radius 1 is 1.13 bits per heavy atom. The Balaban J connectivity index is 2.37. The smallest absolute Gasteiger partial charge is 0.330 e. The first-order valence-corrected chi connectivity index (χ1v) is 7.85. The summed E-state index contributed by atoms with van der Waals surface area (Å²) in [6.45, 7) is 9.73. The van der Waals surface area contributed by atoms with E-state index in [1.807, 2.05) is 46.8 Å². The van der Waals surface area contributed by atoms with Gasteiger partial charge < -0.3 is 9.47 Å². The molecule has 0 aliphatic heterocycles. The van der Waals surface area contributed by atoms with Crippen LogP contribution in [0, 0.1) is 19.3 Å². The Morgan fingerprint density at radius 2 is 1.78 bits per heavy atom. The van der Waals surface area contributed by atoms with Gasteiger partial charge in [0.25, 0.3) is 0 Å². The highest BCUT2D eigenvalue weighted by Gasteiger charge is 2.26. The maximum Gasteiger partial charge on any atom is 0.330 e. The van der Waals surface area contributed by atoms with Crippen molar-refractivity contribution in [1.29, 1.82) is 0 Å². The largest absolute Gasteiger partial charge is 0.462 e. The summed E-state index contributed by atoms with van der Waals surface area (Å²) in [5.41, 5.74) is 2.75. The molecule has 0 saturated carbocycles. The summed E-state index contributed by atoms with van der Waals surface area (Å²) in [5, 5.41) is 0. The molecule has 0 N–H and O–H groups in total. The topological polar surface area (TPSA) is 52.6 Å². The fourth-order valence-corrected chi connectivity index (χ4v) is 1.83. The second kappa shape index (κ2) is 8.51. The van der Waals surface area contributed by atoms with E-state index in [1.54, 1.807) is 6.08 Å². The summed E-state index contributed by atoms with van der Waals surface area (Å²) in [7, 11) is 0. The number of carbonyl (C=O) groups excluding carboxylic acids is 2. The Hall–Kier alpha value is -2.10. The van der Waals surface area contributed by atoms with Crippen LogP contribution in [-0.2, 0) is 19.1 Å². The van der Waals surface area contributed by atoms with Gasteiger partial charge in [-0.25, -0.2) is 4.79 Å². The Bertz CT molecular complexity index is 585. The molecule has 23 heavy (non-hydrogen) atoms. The molecule has 0 aromatic heterocycles. The van der Waals surface area contributed by atoms with Crippen LogP contribution < -0.4 is 0 Å². The number of esters is 2. The maximum absolute atomic E-state index is 11.7. The lowest BCUT2D eigenvalue weighted by Gasteiger charge is -2.20. The van der Waals surface area contributed by atoms with Crippen molar-refractivity contribution < 1.29 is 19.1 Å². The van der Waals surface area contributed by atoms with Crippen LogP contribution in [0.1, 0.15) is 43.9 Å². The van der Waals surface area contributed by atoms with Gasteiger partial charge in [-0.1, -0.05) is 30.7 Å². The fourth-order valence-electron chi connectivity index (χ4n) is 1.83. The van der Waals surface area contributed by atoms with Crippen molar-refractivity contribution in [3.63, 3.8) is 0 Å². The van der Waals surface area contributed by atoms with Crippen molar-refractivity contribution in [2.24, 2.45) is 5.41 Å². The van der Waals surface area contributed by atoms with Crippen LogP contribution >= 0.6 is 0 Å². The van der Waals surface area contributed by atoms with Crippen LogP contribution in [0.3, 0.4) is 0 Å². The van der Waals surface area contributed by atoms with E-state index >= 15 is 0 Å². The summed E-state index contributed by atoms with van der Waals surface area (Å²) in [6, 6.07) is 6.01. The molecule has 0 heterocycles. The number of rotatable bonds is 7. The number of ether oxygens (including phenoxy) is 2. The zero-order valence-electron chi connectivity index (χ0n) is 14.6. The van der Waals surface area contributed by atoms with Gasteiger partial charge in [-0.15, -0.1) is 0 Å². The van der Waals surface area contributed by atoms with Crippen molar-refractivity contribution in [2.45, 2.75) is 41.0 Å². The highest BCUT2D eigenvalue weighted by Crippen LogP contribution is 2.21. The van der Waals surface area contributed by atoms with Gasteiger partial charge in [0.15, 0.2) is 0 Å². The summed E-state index contributed by atoms with van der Waals surface area (Å²) in [6.07, 6.45) is 3.81. The number of carbonyl (C=O) groups is 2. The molecule has 0 atom stereocenters. The molecule has 4 nitrogen and oxygen atoms in total. The van der Waals surface area contributed by atoms with Crippen molar-refractivity contribution >= 4 is 18.0 Å². The zero-order chi connectivity index (χ0) is 17.5. The van der Waals surface area contributed by atoms with Crippen molar-refractivity contribution in [3.8, 4) is 0 Å². The number of aryl methyl sites for hydroxylation is 2. The molecule has 1 aromatic carbocycles. The first-order valence-electron chi connectivity index (χ1n) is 7.85. The van der Waals surface area contributed by atoms with Gasteiger partial charge in [0.05, 0.1) is 5.41 Å². The third-order valence-electron chi connectivity index (χ3n) is 3.82. The summed E-state index contributed by atoms with van der Waals surface area (Å²) < 4.78 is 10.1. The van der Waals surface area contributed by atoms with Gasteiger partial charge in [-0.3, -0.25) is 4.79 Å². The Kier molecular flexibility index (Phi) is 7.01. The van der Waals surface area contributed by atoms with Gasteiger partial charge >= 0.3 is 11.9 Å². The lowest BCUT2D eigenvalue weighted by Crippen LogP contribution is -2.27. The van der Waals surface area contributed by atoms with E-state index in [-0.39, 0.29) is 19.2 Å². The van der Waals surface area contributed by atoms with Crippen LogP contribution in [0.15, 0.2) is 24.3 Å². The van der Waals surface area contributed by atoms with Crippen LogP contribution in [-0.4, -0.2) is 25.2 Å². The molecule has 126 valence electrons. The van der Waals surface area contributed by atoms with Crippen LogP contribution in [0.25, 0.3) is 6.08 Å². The first kappa shape index (κ1) is 18.9. The highest BCUT2D eigenvalue weighted by atomic mass is 16.6. The van der Waals surface area contributed by atoms with E-state index < -0.39 is 11.4 Å². The van der Waals surface area contributed by atoms with E-state index in [2.05, 4.69) is 6.07 Å². The van der Waals surface area contributed by atoms with E-state index in [0.717, 1.165) is 11.1 Å². The molecule has 0 aliphatic rings. The van der Waals surface area contributed by atoms with E-state index in [0.29, 0.717) is 6.42 Å². The van der Waals surface area contributed by atoms with Crippen LogP contribution in [0.2, 0.25) is 0 Å². The molecule has 0 bridgehead atoms. The molecule has 0 radical (unpaired) electrons. The molecule has 1 rings (SSSR count). The molecule has 1 aromatic rings. The molecule has 0 saturated heterocycles. The minimum atomic E-state index is -0.507. The summed E-state index contributed by atoms with van der Waals surface area (Å²) in [5.74, 6) is -0.724. The van der Waals surface area contributed by atoms with Gasteiger partial charge in [0.1, 0.15) is 13.2 Å². The standard InChI is InChI=1S/C19H26O4/c1-6-19(4,5)18(21)23-12-11-22-17(20)10-9-16-8-7-14(2)13-15(16)3/h7-10,13H,6,11-12H2,1-5H3/b10-9+. The molecule has 0 fully saturated rings. The van der Waals surface area contributed by atoms with Crippen LogP contribution in [0.5, 0.6) is 0 Å². The fraction of sp³-hybridized carbons (Fsp3) is 0.474. The monoisotopic (exact) mass is 318 g/mol. The molecular formula is C19H26O4. The summed E-state index contributed by atoms with van der Waals surface area (Å²) in [4.78, 5) is 23.4. The van der Waals surface area contributed by atoms with Gasteiger partial charge in [-0.05, 0) is 51.3 Å². The average Bonchev–Trinajstić information content (AvgIpc) is 2.50. The zero-order valence-corrected chi connectivity index (χ0v) is 14.6. The van der Waals surface area contributed by atoms with E-state index in [1.165, 1.54) is 11.6 Å². The Labute approximate surface area is 138 Å². The molecule has 0 unspecified atom stereocenters. The Morgan fingerprint density at radius 3 is 2.39 bits per heavy atom. The minimum absolute atomic E-state index is 0.0571. The SMILES string of the molecule is CCC(C)(C)C(=O)OCCOC(=O)/C=C/c1ccc(C)cc1C. The second-order valence-electron chi connectivity index (χ2n) is 6.23. The quantitative estimate of drug-likeness (QED) is 0.435. The van der Waals surface area contributed by atoms with Crippen molar-refractivity contribution in [3.05, 3.63) is 41.0 Å². The highest BCUT2D eigenvalue weighted by molar-refractivity contribution is 5.87. The predicted molar refractivity (Wildman–Crippen MR) is 90.9 cm³/mol. The van der Waals surface area contributed by atoms with Crippen molar-refractivity contribution in [1.82, 2.24) is 0 Å². The number of hydrogen-bond donors (Lipinski definition) is 0. The third kappa shape index (κ3) is 6.27. The minimum Gasteiger partial charge on any atom is -0.462 e. The lowest BCUT2D eigenvalue weighted by atomic mass is 9.91.